The zero-order valence-electron chi connectivity index (χ0n) is 16.8. The summed E-state index contributed by atoms with van der Waals surface area (Å²) in [6.07, 6.45) is 0. The SMILES string of the molecule is CC(C)CN1CCN2CCN(CC(C)C)P1(=N)N(CC(C)C)CC2. The molecule has 3 fully saturated rings. The zero-order chi connectivity index (χ0) is 17.9. The van der Waals surface area contributed by atoms with E-state index in [1.807, 2.05) is 0 Å². The van der Waals surface area contributed by atoms with E-state index in [1.54, 1.807) is 0 Å². The van der Waals surface area contributed by atoms with Crippen LogP contribution in [0.4, 0.5) is 0 Å². The molecular formula is C18H40N5P. The molecule has 3 aliphatic rings. The highest BCUT2D eigenvalue weighted by atomic mass is 31.2. The molecule has 0 atom stereocenters. The topological polar surface area (TPSA) is 36.8 Å². The van der Waals surface area contributed by atoms with Gasteiger partial charge in [-0.3, -0.25) is 10.1 Å². The summed E-state index contributed by atoms with van der Waals surface area (Å²) in [4.78, 5) is 2.62. The summed E-state index contributed by atoms with van der Waals surface area (Å²) in [7, 11) is -2.17. The molecule has 142 valence electrons. The van der Waals surface area contributed by atoms with E-state index in [4.69, 9.17) is 0 Å². The molecule has 0 amide bonds. The Labute approximate surface area is 150 Å². The maximum absolute atomic E-state index is 9.80. The van der Waals surface area contributed by atoms with Crippen molar-refractivity contribution in [1.82, 2.24) is 18.9 Å². The summed E-state index contributed by atoms with van der Waals surface area (Å²) in [6, 6.07) is 0. The van der Waals surface area contributed by atoms with Gasteiger partial charge in [-0.25, -0.2) is 14.0 Å². The van der Waals surface area contributed by atoms with Crippen molar-refractivity contribution in [3.05, 3.63) is 0 Å². The van der Waals surface area contributed by atoms with E-state index in [0.29, 0.717) is 17.8 Å². The van der Waals surface area contributed by atoms with Gasteiger partial charge in [0.25, 0.3) is 0 Å². The highest BCUT2D eigenvalue weighted by Gasteiger charge is 2.42. The summed E-state index contributed by atoms with van der Waals surface area (Å²) in [5.74, 6) is 1.84. The molecular weight excluding hydrogens is 317 g/mol. The Morgan fingerprint density at radius 2 is 0.917 bits per heavy atom. The summed E-state index contributed by atoms with van der Waals surface area (Å²) in [5.41, 5.74) is 0. The van der Waals surface area contributed by atoms with Crippen molar-refractivity contribution in [2.24, 2.45) is 17.8 Å². The van der Waals surface area contributed by atoms with Crippen LogP contribution in [0.5, 0.6) is 0 Å². The van der Waals surface area contributed by atoms with Crippen LogP contribution in [0.25, 0.3) is 0 Å². The lowest BCUT2D eigenvalue weighted by atomic mass is 10.2. The van der Waals surface area contributed by atoms with Gasteiger partial charge in [0.1, 0.15) is 0 Å². The minimum absolute atomic E-state index is 0.615. The van der Waals surface area contributed by atoms with Crippen molar-refractivity contribution >= 4 is 7.51 Å². The summed E-state index contributed by atoms with van der Waals surface area (Å²) < 4.78 is 7.69. The first-order chi connectivity index (χ1) is 11.2. The van der Waals surface area contributed by atoms with Crippen molar-refractivity contribution in [1.29, 1.82) is 5.16 Å². The predicted octanol–water partition coefficient (Wildman–Crippen LogP) is 3.71. The van der Waals surface area contributed by atoms with Crippen LogP contribution < -0.4 is 0 Å². The molecule has 3 saturated heterocycles. The first-order valence-corrected chi connectivity index (χ1v) is 11.5. The third kappa shape index (κ3) is 4.82. The molecule has 0 aromatic carbocycles. The Balaban J connectivity index is 2.41. The predicted molar refractivity (Wildman–Crippen MR) is 105 cm³/mol. The van der Waals surface area contributed by atoms with Gasteiger partial charge < -0.3 is 0 Å². The molecule has 3 rings (SSSR count). The molecule has 0 aliphatic carbocycles. The van der Waals surface area contributed by atoms with Gasteiger partial charge in [0, 0.05) is 58.9 Å². The van der Waals surface area contributed by atoms with Crippen molar-refractivity contribution in [2.45, 2.75) is 41.5 Å². The van der Waals surface area contributed by atoms with Crippen LogP contribution in [0.3, 0.4) is 0 Å². The van der Waals surface area contributed by atoms with E-state index < -0.39 is 7.51 Å². The quantitative estimate of drug-likeness (QED) is 0.735. The second-order valence-electron chi connectivity index (χ2n) is 8.83. The average molecular weight is 358 g/mol. The molecule has 3 aliphatic heterocycles. The van der Waals surface area contributed by atoms with Crippen molar-refractivity contribution < 1.29 is 0 Å². The molecule has 24 heavy (non-hydrogen) atoms. The third-order valence-electron chi connectivity index (χ3n) is 4.93. The normalized spacial score (nSPS) is 31.0. The smallest absolute Gasteiger partial charge is 0.165 e. The first kappa shape index (κ1) is 20.4. The van der Waals surface area contributed by atoms with Crippen LogP contribution in [-0.4, -0.2) is 77.8 Å². The Hall–Kier alpha value is 0.0700. The Morgan fingerprint density at radius 1 is 0.625 bits per heavy atom. The van der Waals surface area contributed by atoms with Crippen LogP contribution in [0, 0.1) is 22.9 Å². The fourth-order valence-corrected chi connectivity index (χ4v) is 7.78. The Kier molecular flexibility index (Phi) is 7.34. The molecule has 2 bridgehead atoms. The maximum Gasteiger partial charge on any atom is 0.165 e. The fourth-order valence-electron chi connectivity index (χ4n) is 3.94. The van der Waals surface area contributed by atoms with Gasteiger partial charge in [-0.2, -0.15) is 0 Å². The number of hydrogen-bond acceptors (Lipinski definition) is 2. The Morgan fingerprint density at radius 3 is 1.17 bits per heavy atom. The molecule has 0 aromatic heterocycles. The van der Waals surface area contributed by atoms with E-state index in [-0.39, 0.29) is 0 Å². The fraction of sp³-hybridized carbons (Fsp3) is 1.00. The second-order valence-corrected chi connectivity index (χ2v) is 11.7. The van der Waals surface area contributed by atoms with E-state index in [0.717, 1.165) is 58.9 Å². The van der Waals surface area contributed by atoms with Gasteiger partial charge >= 0.3 is 0 Å². The zero-order valence-corrected chi connectivity index (χ0v) is 17.7. The third-order valence-corrected chi connectivity index (χ3v) is 8.39. The summed E-state index contributed by atoms with van der Waals surface area (Å²) in [6.45, 7) is 23.5. The highest BCUT2D eigenvalue weighted by Crippen LogP contribution is 2.58. The number of fused-ring (bicyclic) bond motifs is 6. The van der Waals surface area contributed by atoms with Gasteiger partial charge in [-0.15, -0.1) is 0 Å². The van der Waals surface area contributed by atoms with Crippen LogP contribution in [0.1, 0.15) is 41.5 Å². The minimum Gasteiger partial charge on any atom is -0.299 e. The van der Waals surface area contributed by atoms with E-state index in [1.165, 1.54) is 0 Å². The van der Waals surface area contributed by atoms with Gasteiger partial charge in [0.05, 0.1) is 0 Å². The molecule has 0 saturated carbocycles. The van der Waals surface area contributed by atoms with Gasteiger partial charge in [0.15, 0.2) is 7.51 Å². The van der Waals surface area contributed by atoms with Gasteiger partial charge in [-0.05, 0) is 17.8 Å². The van der Waals surface area contributed by atoms with Crippen LogP contribution in [-0.2, 0) is 0 Å². The molecule has 0 radical (unpaired) electrons. The van der Waals surface area contributed by atoms with Crippen molar-refractivity contribution in [3.63, 3.8) is 0 Å². The average Bonchev–Trinajstić information content (AvgIpc) is 2.45. The molecule has 1 N–H and O–H groups in total. The Bertz CT molecular complexity index is 375. The number of nitrogens with one attached hydrogen (secondary N) is 1. The molecule has 3 heterocycles. The molecule has 5 nitrogen and oxygen atoms in total. The lowest BCUT2D eigenvalue weighted by Crippen LogP contribution is -2.55. The standard InChI is InChI=1S/C18H40N5P/c1-16(2)13-21-10-7-20-8-11-22(14-17(3)4)24(21,19)23(12-9-20)15-18(5)6/h16-19H,7-15H2,1-6H3. The van der Waals surface area contributed by atoms with Crippen LogP contribution >= 0.6 is 7.51 Å². The van der Waals surface area contributed by atoms with Gasteiger partial charge in [-0.1, -0.05) is 41.5 Å². The minimum atomic E-state index is -2.17. The van der Waals surface area contributed by atoms with E-state index >= 15 is 0 Å². The van der Waals surface area contributed by atoms with E-state index in [9.17, 15) is 5.16 Å². The van der Waals surface area contributed by atoms with Crippen molar-refractivity contribution in [3.8, 4) is 0 Å². The molecule has 0 spiro atoms. The maximum atomic E-state index is 9.80. The second kappa shape index (κ2) is 8.64. The highest BCUT2D eigenvalue weighted by molar-refractivity contribution is 7.57. The monoisotopic (exact) mass is 357 g/mol. The largest absolute Gasteiger partial charge is 0.299 e. The molecule has 6 heteroatoms. The summed E-state index contributed by atoms with van der Waals surface area (Å²) >= 11 is 0. The lowest BCUT2D eigenvalue weighted by molar-refractivity contribution is 0.146. The lowest BCUT2D eigenvalue weighted by Gasteiger charge is -2.54. The first-order valence-electron chi connectivity index (χ1n) is 9.86. The van der Waals surface area contributed by atoms with Crippen molar-refractivity contribution in [2.75, 3.05) is 58.9 Å². The number of nitrogens with zero attached hydrogens (tertiary/aromatic N) is 4. The molecule has 0 unspecified atom stereocenters. The van der Waals surface area contributed by atoms with Gasteiger partial charge in [0.2, 0.25) is 0 Å². The number of hydrogen-bond donors (Lipinski definition) is 1. The molecule has 0 aromatic rings. The summed E-state index contributed by atoms with van der Waals surface area (Å²) in [5, 5.41) is 9.80. The van der Waals surface area contributed by atoms with Crippen LogP contribution in [0.15, 0.2) is 0 Å². The van der Waals surface area contributed by atoms with E-state index in [2.05, 4.69) is 60.5 Å². The van der Waals surface area contributed by atoms with Crippen LogP contribution in [0.2, 0.25) is 0 Å². The number of rotatable bonds is 6.